The highest BCUT2D eigenvalue weighted by atomic mass is 32.2. The van der Waals surface area contributed by atoms with Crippen LogP contribution in [0, 0.1) is 13.8 Å². The van der Waals surface area contributed by atoms with Gasteiger partial charge in [0.15, 0.2) is 0 Å². The summed E-state index contributed by atoms with van der Waals surface area (Å²) in [6.45, 7) is 6.66. The summed E-state index contributed by atoms with van der Waals surface area (Å²) in [5.41, 5.74) is 1.70. The normalized spacial score (nSPS) is 15.4. The summed E-state index contributed by atoms with van der Waals surface area (Å²) in [4.78, 5) is 11.2. The second-order valence-electron chi connectivity index (χ2n) is 6.02. The lowest BCUT2D eigenvalue weighted by Crippen LogP contribution is -2.37. The minimum Gasteiger partial charge on any atom is -0.378 e. The molecule has 2 heterocycles. The number of ether oxygens (including phenoxy) is 1. The third-order valence-corrected chi connectivity index (χ3v) is 5.34. The van der Waals surface area contributed by atoms with Crippen molar-refractivity contribution in [3.63, 3.8) is 0 Å². The molecule has 0 spiro atoms. The van der Waals surface area contributed by atoms with Gasteiger partial charge in [-0.3, -0.25) is 0 Å². The standard InChI is InChI=1S/C17H22N4O3S/c1-13-4-3-5-15(10-13)25(22,23)18-12-16-19-14(2)11-17(20-16)21-6-8-24-9-7-21/h3-5,10-11,18H,6-9,12H2,1-2H3. The molecule has 1 aromatic heterocycles. The maximum Gasteiger partial charge on any atom is 0.240 e. The summed E-state index contributed by atoms with van der Waals surface area (Å²) in [5, 5.41) is 0. The fraction of sp³-hybridized carbons (Fsp3) is 0.412. The van der Waals surface area contributed by atoms with Gasteiger partial charge in [-0.25, -0.2) is 23.1 Å². The van der Waals surface area contributed by atoms with Crippen LogP contribution >= 0.6 is 0 Å². The summed E-state index contributed by atoms with van der Waals surface area (Å²) in [6.07, 6.45) is 0. The molecule has 8 heteroatoms. The molecule has 0 atom stereocenters. The number of hydrogen-bond donors (Lipinski definition) is 1. The summed E-state index contributed by atoms with van der Waals surface area (Å²) >= 11 is 0. The Morgan fingerprint density at radius 1 is 1.16 bits per heavy atom. The summed E-state index contributed by atoms with van der Waals surface area (Å²) in [7, 11) is -3.60. The molecule has 1 saturated heterocycles. The van der Waals surface area contributed by atoms with Crippen LogP contribution in [0.15, 0.2) is 35.2 Å². The molecular weight excluding hydrogens is 340 g/mol. The lowest BCUT2D eigenvalue weighted by molar-refractivity contribution is 0.122. The van der Waals surface area contributed by atoms with E-state index >= 15 is 0 Å². The van der Waals surface area contributed by atoms with Gasteiger partial charge in [0.2, 0.25) is 10.0 Å². The molecule has 134 valence electrons. The first kappa shape index (κ1) is 17.8. The fourth-order valence-corrected chi connectivity index (χ4v) is 3.76. The third kappa shape index (κ3) is 4.53. The van der Waals surface area contributed by atoms with Gasteiger partial charge in [-0.1, -0.05) is 12.1 Å². The zero-order valence-electron chi connectivity index (χ0n) is 14.4. The van der Waals surface area contributed by atoms with Crippen LogP contribution in [-0.2, 0) is 21.3 Å². The molecule has 1 aliphatic rings. The zero-order chi connectivity index (χ0) is 17.9. The molecule has 3 rings (SSSR count). The highest BCUT2D eigenvalue weighted by molar-refractivity contribution is 7.89. The topological polar surface area (TPSA) is 84.4 Å². The number of nitrogens with zero attached hydrogens (tertiary/aromatic N) is 3. The molecule has 0 radical (unpaired) electrons. The summed E-state index contributed by atoms with van der Waals surface area (Å²) < 4.78 is 32.8. The van der Waals surface area contributed by atoms with Gasteiger partial charge >= 0.3 is 0 Å². The Kier molecular flexibility index (Phi) is 5.31. The maximum atomic E-state index is 12.4. The number of benzene rings is 1. The number of anilines is 1. The molecule has 1 aromatic carbocycles. The van der Waals surface area contributed by atoms with E-state index < -0.39 is 10.0 Å². The lowest BCUT2D eigenvalue weighted by Gasteiger charge is -2.28. The molecular formula is C17H22N4O3S. The number of rotatable bonds is 5. The molecule has 0 bridgehead atoms. The minimum absolute atomic E-state index is 0.0509. The molecule has 1 fully saturated rings. The summed E-state index contributed by atoms with van der Waals surface area (Å²) in [6, 6.07) is 8.70. The first-order valence-corrected chi connectivity index (χ1v) is 9.66. The molecule has 0 saturated carbocycles. The highest BCUT2D eigenvalue weighted by Gasteiger charge is 2.17. The Hall–Kier alpha value is -2.03. The number of aryl methyl sites for hydroxylation is 2. The Labute approximate surface area is 148 Å². The van der Waals surface area contributed by atoms with Crippen molar-refractivity contribution in [3.05, 3.63) is 47.4 Å². The molecule has 0 amide bonds. The van der Waals surface area contributed by atoms with E-state index in [-0.39, 0.29) is 11.4 Å². The van der Waals surface area contributed by atoms with E-state index in [1.54, 1.807) is 18.2 Å². The quantitative estimate of drug-likeness (QED) is 0.866. The second kappa shape index (κ2) is 7.47. The minimum atomic E-state index is -3.60. The van der Waals surface area contributed by atoms with Crippen molar-refractivity contribution in [2.45, 2.75) is 25.3 Å². The van der Waals surface area contributed by atoms with Crippen LogP contribution in [0.25, 0.3) is 0 Å². The average molecular weight is 362 g/mol. The highest BCUT2D eigenvalue weighted by Crippen LogP contribution is 2.15. The van der Waals surface area contributed by atoms with Crippen LogP contribution in [0.3, 0.4) is 0 Å². The van der Waals surface area contributed by atoms with Gasteiger partial charge in [0.25, 0.3) is 0 Å². The molecule has 2 aromatic rings. The van der Waals surface area contributed by atoms with E-state index in [1.807, 2.05) is 26.0 Å². The van der Waals surface area contributed by atoms with Gasteiger partial charge < -0.3 is 9.64 Å². The molecule has 1 N–H and O–H groups in total. The second-order valence-corrected chi connectivity index (χ2v) is 7.79. The number of sulfonamides is 1. The SMILES string of the molecule is Cc1cccc(S(=O)(=O)NCc2nc(C)cc(N3CCOCC3)n2)c1. The smallest absolute Gasteiger partial charge is 0.240 e. The van der Waals surface area contributed by atoms with E-state index in [4.69, 9.17) is 4.74 Å². The predicted molar refractivity (Wildman–Crippen MR) is 95.0 cm³/mol. The van der Waals surface area contributed by atoms with E-state index in [9.17, 15) is 8.42 Å². The molecule has 7 nitrogen and oxygen atoms in total. The first-order valence-electron chi connectivity index (χ1n) is 8.18. The van der Waals surface area contributed by atoms with Crippen LogP contribution in [0.5, 0.6) is 0 Å². The van der Waals surface area contributed by atoms with E-state index in [1.165, 1.54) is 0 Å². The Morgan fingerprint density at radius 2 is 1.92 bits per heavy atom. The van der Waals surface area contributed by atoms with Gasteiger partial charge in [0.1, 0.15) is 11.6 Å². The fourth-order valence-electron chi connectivity index (χ4n) is 2.67. The van der Waals surface area contributed by atoms with Gasteiger partial charge in [-0.15, -0.1) is 0 Å². The number of hydrogen-bond acceptors (Lipinski definition) is 6. The monoisotopic (exact) mass is 362 g/mol. The average Bonchev–Trinajstić information content (AvgIpc) is 2.60. The van der Waals surface area contributed by atoms with Gasteiger partial charge in [-0.05, 0) is 31.5 Å². The van der Waals surface area contributed by atoms with Crippen molar-refractivity contribution in [3.8, 4) is 0 Å². The Bertz CT molecular complexity index is 849. The Balaban J connectivity index is 1.75. The van der Waals surface area contributed by atoms with E-state index in [2.05, 4.69) is 19.6 Å². The maximum absolute atomic E-state index is 12.4. The van der Waals surface area contributed by atoms with Crippen molar-refractivity contribution >= 4 is 15.8 Å². The zero-order valence-corrected chi connectivity index (χ0v) is 15.2. The largest absolute Gasteiger partial charge is 0.378 e. The van der Waals surface area contributed by atoms with Gasteiger partial charge in [0, 0.05) is 24.8 Å². The van der Waals surface area contributed by atoms with Crippen molar-refractivity contribution < 1.29 is 13.2 Å². The van der Waals surface area contributed by atoms with Crippen molar-refractivity contribution in [2.24, 2.45) is 0 Å². The van der Waals surface area contributed by atoms with E-state index in [0.717, 1.165) is 30.2 Å². The van der Waals surface area contributed by atoms with E-state index in [0.29, 0.717) is 19.0 Å². The van der Waals surface area contributed by atoms with Crippen LogP contribution in [0.4, 0.5) is 5.82 Å². The van der Waals surface area contributed by atoms with Crippen LogP contribution in [0.1, 0.15) is 17.1 Å². The molecule has 1 aliphatic heterocycles. The van der Waals surface area contributed by atoms with Crippen molar-refractivity contribution in [2.75, 3.05) is 31.2 Å². The number of morpholine rings is 1. The number of nitrogens with one attached hydrogen (secondary N) is 1. The van der Waals surface area contributed by atoms with Gasteiger partial charge in [0.05, 0.1) is 24.7 Å². The summed E-state index contributed by atoms with van der Waals surface area (Å²) in [5.74, 6) is 1.26. The molecule has 0 aliphatic carbocycles. The van der Waals surface area contributed by atoms with Crippen LogP contribution < -0.4 is 9.62 Å². The van der Waals surface area contributed by atoms with Gasteiger partial charge in [-0.2, -0.15) is 0 Å². The molecule has 25 heavy (non-hydrogen) atoms. The lowest BCUT2D eigenvalue weighted by atomic mass is 10.2. The Morgan fingerprint density at radius 3 is 2.64 bits per heavy atom. The number of aromatic nitrogens is 2. The third-order valence-electron chi connectivity index (χ3n) is 3.94. The van der Waals surface area contributed by atoms with Crippen LogP contribution in [-0.4, -0.2) is 44.7 Å². The molecule has 0 unspecified atom stereocenters. The van der Waals surface area contributed by atoms with Crippen molar-refractivity contribution in [1.29, 1.82) is 0 Å². The first-order chi connectivity index (χ1) is 11.9. The van der Waals surface area contributed by atoms with Crippen LogP contribution in [0.2, 0.25) is 0 Å². The predicted octanol–water partition coefficient (Wildman–Crippen LogP) is 1.41. The van der Waals surface area contributed by atoms with Crippen molar-refractivity contribution in [1.82, 2.24) is 14.7 Å².